The largest absolute Gasteiger partial charge is 0.497 e. The summed E-state index contributed by atoms with van der Waals surface area (Å²) < 4.78 is 5.14. The van der Waals surface area contributed by atoms with Gasteiger partial charge in [0.15, 0.2) is 0 Å². The number of H-pyrrole nitrogens is 1. The molecule has 0 saturated heterocycles. The predicted octanol–water partition coefficient (Wildman–Crippen LogP) is 4.94. The molecular formula is C17H12Cl3N3O2. The lowest BCUT2D eigenvalue weighted by molar-refractivity contribution is 0.415. The Morgan fingerprint density at radius 1 is 1.12 bits per heavy atom. The second-order valence-electron chi connectivity index (χ2n) is 5.12. The van der Waals surface area contributed by atoms with Crippen molar-refractivity contribution in [1.82, 2.24) is 4.98 Å². The summed E-state index contributed by atoms with van der Waals surface area (Å²) in [4.78, 5) is 15.0. The number of nitrogens with one attached hydrogen (secondary N) is 2. The van der Waals surface area contributed by atoms with Crippen LogP contribution in [0.5, 0.6) is 5.75 Å². The average Bonchev–Trinajstić information content (AvgIpc) is 2.57. The molecule has 0 aliphatic carbocycles. The molecule has 5 nitrogen and oxygen atoms in total. The van der Waals surface area contributed by atoms with Gasteiger partial charge in [0.25, 0.3) is 5.56 Å². The molecule has 0 radical (unpaired) electrons. The highest BCUT2D eigenvalue weighted by Gasteiger charge is 2.07. The van der Waals surface area contributed by atoms with Crippen molar-refractivity contribution in [2.75, 3.05) is 12.5 Å². The number of hydrogen-bond acceptors (Lipinski definition) is 4. The summed E-state index contributed by atoms with van der Waals surface area (Å²) in [5.74, 6) is 0.665. The Balaban J connectivity index is 1.89. The third-order valence-corrected chi connectivity index (χ3v) is 4.28. The maximum Gasteiger partial charge on any atom is 0.257 e. The highest BCUT2D eigenvalue weighted by molar-refractivity contribution is 6.41. The number of hydrazone groups is 1. The zero-order chi connectivity index (χ0) is 18.0. The number of aromatic amines is 1. The van der Waals surface area contributed by atoms with E-state index in [1.807, 2.05) is 12.1 Å². The van der Waals surface area contributed by atoms with Crippen molar-refractivity contribution < 1.29 is 4.74 Å². The van der Waals surface area contributed by atoms with Crippen LogP contribution in [0.1, 0.15) is 5.56 Å². The third-order valence-electron chi connectivity index (χ3n) is 3.47. The Morgan fingerprint density at radius 2 is 1.84 bits per heavy atom. The van der Waals surface area contributed by atoms with Gasteiger partial charge in [0, 0.05) is 11.1 Å². The van der Waals surface area contributed by atoms with Crippen molar-refractivity contribution in [3.05, 3.63) is 67.4 Å². The summed E-state index contributed by atoms with van der Waals surface area (Å²) in [6.45, 7) is 0. The van der Waals surface area contributed by atoms with Crippen molar-refractivity contribution in [3.63, 3.8) is 0 Å². The summed E-state index contributed by atoms with van der Waals surface area (Å²) in [5.41, 5.74) is 3.91. The number of fused-ring (bicyclic) bond motifs is 1. The number of pyridine rings is 1. The van der Waals surface area contributed by atoms with Crippen LogP contribution in [0.2, 0.25) is 15.1 Å². The Morgan fingerprint density at radius 3 is 2.52 bits per heavy atom. The van der Waals surface area contributed by atoms with Gasteiger partial charge in [-0.15, -0.1) is 0 Å². The zero-order valence-corrected chi connectivity index (χ0v) is 15.2. The number of hydrogen-bond donors (Lipinski definition) is 2. The van der Waals surface area contributed by atoms with Gasteiger partial charge in [-0.2, -0.15) is 5.10 Å². The highest BCUT2D eigenvalue weighted by atomic mass is 35.5. The number of halogens is 3. The van der Waals surface area contributed by atoms with Crippen LogP contribution < -0.4 is 15.7 Å². The van der Waals surface area contributed by atoms with E-state index in [0.29, 0.717) is 37.6 Å². The second-order valence-corrected chi connectivity index (χ2v) is 6.37. The first-order chi connectivity index (χ1) is 12.0. The lowest BCUT2D eigenvalue weighted by Gasteiger charge is -2.06. The molecule has 0 saturated carbocycles. The zero-order valence-electron chi connectivity index (χ0n) is 12.9. The van der Waals surface area contributed by atoms with E-state index >= 15 is 0 Å². The molecule has 2 N–H and O–H groups in total. The average molecular weight is 397 g/mol. The molecule has 0 bridgehead atoms. The molecule has 8 heteroatoms. The summed E-state index contributed by atoms with van der Waals surface area (Å²) in [6.07, 6.45) is 1.39. The van der Waals surface area contributed by atoms with Gasteiger partial charge in [0.05, 0.1) is 40.1 Å². The van der Waals surface area contributed by atoms with Gasteiger partial charge in [-0.1, -0.05) is 34.8 Å². The molecule has 25 heavy (non-hydrogen) atoms. The molecule has 1 aromatic heterocycles. The number of anilines is 1. The maximum absolute atomic E-state index is 12.2. The molecule has 0 atom stereocenters. The van der Waals surface area contributed by atoms with Crippen molar-refractivity contribution in [2.45, 2.75) is 0 Å². The normalized spacial score (nSPS) is 11.2. The van der Waals surface area contributed by atoms with Crippen LogP contribution >= 0.6 is 34.8 Å². The van der Waals surface area contributed by atoms with Gasteiger partial charge >= 0.3 is 0 Å². The van der Waals surface area contributed by atoms with E-state index in [1.54, 1.807) is 31.4 Å². The Kier molecular flexibility index (Phi) is 5.18. The smallest absolute Gasteiger partial charge is 0.257 e. The first-order valence-corrected chi connectivity index (χ1v) is 8.26. The standard InChI is InChI=1S/C17H12Cl3N3O2/c1-25-12-3-2-9-4-10(17(24)22-15(9)7-12)8-21-23-16-13(19)5-11(18)6-14(16)20/h2-8,23H,1H3,(H,22,24)/b21-8+. The summed E-state index contributed by atoms with van der Waals surface area (Å²) in [5, 5.41) is 5.96. The van der Waals surface area contributed by atoms with E-state index in [0.717, 1.165) is 5.39 Å². The Labute approximate surface area is 158 Å². The second kappa shape index (κ2) is 7.35. The minimum absolute atomic E-state index is 0.278. The Bertz CT molecular complexity index is 1010. The lowest BCUT2D eigenvalue weighted by atomic mass is 10.1. The van der Waals surface area contributed by atoms with Crippen LogP contribution in [0.3, 0.4) is 0 Å². The number of ether oxygens (including phenoxy) is 1. The quantitative estimate of drug-likeness (QED) is 0.485. The summed E-state index contributed by atoms with van der Waals surface area (Å²) >= 11 is 18.0. The number of rotatable bonds is 4. The van der Waals surface area contributed by atoms with Crippen LogP contribution in [0.15, 0.2) is 46.3 Å². The van der Waals surface area contributed by atoms with E-state index < -0.39 is 0 Å². The van der Waals surface area contributed by atoms with E-state index in [-0.39, 0.29) is 5.56 Å². The van der Waals surface area contributed by atoms with Gasteiger partial charge in [0.1, 0.15) is 5.75 Å². The predicted molar refractivity (Wildman–Crippen MR) is 104 cm³/mol. The molecule has 0 unspecified atom stereocenters. The van der Waals surface area contributed by atoms with E-state index in [2.05, 4.69) is 15.5 Å². The topological polar surface area (TPSA) is 66.5 Å². The number of aromatic nitrogens is 1. The molecule has 0 spiro atoms. The van der Waals surface area contributed by atoms with E-state index in [4.69, 9.17) is 39.5 Å². The van der Waals surface area contributed by atoms with Crippen LogP contribution in [0.4, 0.5) is 5.69 Å². The van der Waals surface area contributed by atoms with Crippen molar-refractivity contribution in [2.24, 2.45) is 5.10 Å². The van der Waals surface area contributed by atoms with Gasteiger partial charge in [-0.05, 0) is 35.7 Å². The molecular weight excluding hydrogens is 385 g/mol. The number of nitrogens with zero attached hydrogens (tertiary/aromatic N) is 1. The molecule has 0 aliphatic rings. The molecule has 2 aromatic carbocycles. The van der Waals surface area contributed by atoms with Crippen LogP contribution in [0, 0.1) is 0 Å². The SMILES string of the molecule is COc1ccc2cc(/C=N/Nc3c(Cl)cc(Cl)cc3Cl)c(=O)[nH]c2c1. The van der Waals surface area contributed by atoms with Gasteiger partial charge in [-0.25, -0.2) is 0 Å². The molecule has 128 valence electrons. The fourth-order valence-corrected chi connectivity index (χ4v) is 3.14. The van der Waals surface area contributed by atoms with Crippen molar-refractivity contribution >= 4 is 57.6 Å². The highest BCUT2D eigenvalue weighted by Crippen LogP contribution is 2.33. The monoisotopic (exact) mass is 395 g/mol. The van der Waals surface area contributed by atoms with Crippen LogP contribution in [-0.2, 0) is 0 Å². The summed E-state index contributed by atoms with van der Waals surface area (Å²) in [6, 6.07) is 10.2. The maximum atomic E-state index is 12.2. The van der Waals surface area contributed by atoms with E-state index in [1.165, 1.54) is 6.21 Å². The first kappa shape index (κ1) is 17.6. The number of methoxy groups -OCH3 is 1. The van der Waals surface area contributed by atoms with Gasteiger partial charge in [-0.3, -0.25) is 10.2 Å². The minimum Gasteiger partial charge on any atom is -0.497 e. The van der Waals surface area contributed by atoms with E-state index in [9.17, 15) is 4.79 Å². The van der Waals surface area contributed by atoms with Crippen molar-refractivity contribution in [1.29, 1.82) is 0 Å². The van der Waals surface area contributed by atoms with Crippen LogP contribution in [-0.4, -0.2) is 18.3 Å². The van der Waals surface area contributed by atoms with Crippen LogP contribution in [0.25, 0.3) is 10.9 Å². The molecule has 0 amide bonds. The number of benzene rings is 2. The third kappa shape index (κ3) is 3.90. The molecule has 1 heterocycles. The Hall–Kier alpha value is -2.21. The van der Waals surface area contributed by atoms with Crippen molar-refractivity contribution in [3.8, 4) is 5.75 Å². The molecule has 3 rings (SSSR count). The molecule has 3 aromatic rings. The fraction of sp³-hybridized carbons (Fsp3) is 0.0588. The molecule has 0 fully saturated rings. The van der Waals surface area contributed by atoms with Gasteiger partial charge in [0.2, 0.25) is 0 Å². The van der Waals surface area contributed by atoms with Gasteiger partial charge < -0.3 is 9.72 Å². The summed E-state index contributed by atoms with van der Waals surface area (Å²) in [7, 11) is 1.57. The molecule has 0 aliphatic heterocycles. The first-order valence-electron chi connectivity index (χ1n) is 7.12. The fourth-order valence-electron chi connectivity index (χ4n) is 2.24. The lowest BCUT2D eigenvalue weighted by Crippen LogP contribution is -2.12. The minimum atomic E-state index is -0.278.